The molecule has 0 bridgehead atoms. The molecule has 0 unspecified atom stereocenters. The van der Waals surface area contributed by atoms with E-state index in [0.29, 0.717) is 26.2 Å². The van der Waals surface area contributed by atoms with Crippen LogP contribution in [0.5, 0.6) is 0 Å². The number of nitrogens with zero attached hydrogens (tertiary/aromatic N) is 2. The van der Waals surface area contributed by atoms with Gasteiger partial charge in [-0.15, -0.1) is 0 Å². The van der Waals surface area contributed by atoms with Crippen LogP contribution in [0.2, 0.25) is 0 Å². The van der Waals surface area contributed by atoms with Crippen molar-refractivity contribution in [1.82, 2.24) is 4.90 Å². The van der Waals surface area contributed by atoms with Crippen molar-refractivity contribution in [2.45, 2.75) is 5.75 Å². The Bertz CT molecular complexity index is 592. The third-order valence-electron chi connectivity index (χ3n) is 3.25. The molecule has 1 aromatic carbocycles. The van der Waals surface area contributed by atoms with Gasteiger partial charge in [-0.25, -0.2) is 13.2 Å². The van der Waals surface area contributed by atoms with Crippen LogP contribution < -0.4 is 4.90 Å². The minimum Gasteiger partial charge on any atom is -0.465 e. The predicted molar refractivity (Wildman–Crippen MR) is 76.8 cm³/mol. The normalized spacial score (nSPS) is 16.2. The van der Waals surface area contributed by atoms with E-state index >= 15 is 0 Å². The van der Waals surface area contributed by atoms with Crippen LogP contribution in [0.4, 0.5) is 10.5 Å². The first-order chi connectivity index (χ1) is 9.35. The number of benzene rings is 1. The second-order valence-corrected chi connectivity index (χ2v) is 7.14. The second kappa shape index (κ2) is 5.70. The lowest BCUT2D eigenvalue weighted by Gasteiger charge is -2.34. The maximum Gasteiger partial charge on any atom is 0.407 e. The van der Waals surface area contributed by atoms with Gasteiger partial charge < -0.3 is 14.9 Å². The first kappa shape index (κ1) is 14.6. The summed E-state index contributed by atoms with van der Waals surface area (Å²) in [6.07, 6.45) is 0.321. The average Bonchev–Trinajstić information content (AvgIpc) is 2.37. The number of carbonyl (C=O) groups is 1. The summed E-state index contributed by atoms with van der Waals surface area (Å²) in [7, 11) is -3.05. The fourth-order valence-electron chi connectivity index (χ4n) is 2.30. The van der Waals surface area contributed by atoms with E-state index < -0.39 is 15.9 Å². The quantitative estimate of drug-likeness (QED) is 0.902. The lowest BCUT2D eigenvalue weighted by Crippen LogP contribution is -2.48. The van der Waals surface area contributed by atoms with Crippen LogP contribution in [0, 0.1) is 0 Å². The molecule has 1 aliphatic heterocycles. The Morgan fingerprint density at radius 3 is 2.45 bits per heavy atom. The molecule has 6 nitrogen and oxygen atoms in total. The first-order valence-corrected chi connectivity index (χ1v) is 8.41. The Morgan fingerprint density at radius 1 is 1.25 bits per heavy atom. The van der Waals surface area contributed by atoms with Gasteiger partial charge in [-0.1, -0.05) is 12.1 Å². The van der Waals surface area contributed by atoms with Crippen molar-refractivity contribution < 1.29 is 18.3 Å². The maximum absolute atomic E-state index is 11.3. The van der Waals surface area contributed by atoms with Gasteiger partial charge in [-0.2, -0.15) is 0 Å². The third kappa shape index (κ3) is 3.86. The molecule has 20 heavy (non-hydrogen) atoms. The Hall–Kier alpha value is -1.76. The molecule has 1 heterocycles. The van der Waals surface area contributed by atoms with E-state index in [1.54, 1.807) is 6.07 Å². The number of sulfone groups is 1. The number of anilines is 1. The minimum atomic E-state index is -3.05. The molecule has 0 saturated carbocycles. The van der Waals surface area contributed by atoms with E-state index in [0.717, 1.165) is 11.3 Å². The molecule has 1 amide bonds. The fraction of sp³-hybridized carbons (Fsp3) is 0.462. The molecule has 1 saturated heterocycles. The van der Waals surface area contributed by atoms with Crippen LogP contribution in [0.15, 0.2) is 24.3 Å². The molecule has 0 spiro atoms. The lowest BCUT2D eigenvalue weighted by molar-refractivity contribution is 0.142. The average molecular weight is 298 g/mol. The smallest absolute Gasteiger partial charge is 0.407 e. The summed E-state index contributed by atoms with van der Waals surface area (Å²) in [5.41, 5.74) is 1.70. The van der Waals surface area contributed by atoms with E-state index in [4.69, 9.17) is 5.11 Å². The highest BCUT2D eigenvalue weighted by Crippen LogP contribution is 2.19. The van der Waals surface area contributed by atoms with Crippen molar-refractivity contribution in [3.63, 3.8) is 0 Å². The van der Waals surface area contributed by atoms with E-state index in [1.165, 1.54) is 11.2 Å². The highest BCUT2D eigenvalue weighted by atomic mass is 32.2. The van der Waals surface area contributed by atoms with Gasteiger partial charge in [0, 0.05) is 38.1 Å². The van der Waals surface area contributed by atoms with Crippen LogP contribution in [0.3, 0.4) is 0 Å². The Balaban J connectivity index is 2.07. The van der Waals surface area contributed by atoms with Gasteiger partial charge in [0.1, 0.15) is 0 Å². The van der Waals surface area contributed by atoms with Gasteiger partial charge in [0.05, 0.1) is 5.75 Å². The lowest BCUT2D eigenvalue weighted by atomic mass is 10.2. The summed E-state index contributed by atoms with van der Waals surface area (Å²) in [6.45, 7) is 2.17. The van der Waals surface area contributed by atoms with Crippen LogP contribution in [0.1, 0.15) is 5.56 Å². The number of amides is 1. The van der Waals surface area contributed by atoms with Gasteiger partial charge in [-0.05, 0) is 17.7 Å². The highest BCUT2D eigenvalue weighted by molar-refractivity contribution is 7.89. The van der Waals surface area contributed by atoms with Gasteiger partial charge in [0.2, 0.25) is 0 Å². The van der Waals surface area contributed by atoms with Crippen LogP contribution in [-0.4, -0.2) is 57.0 Å². The van der Waals surface area contributed by atoms with Crippen molar-refractivity contribution in [3.05, 3.63) is 29.8 Å². The van der Waals surface area contributed by atoms with Crippen LogP contribution in [0.25, 0.3) is 0 Å². The van der Waals surface area contributed by atoms with Gasteiger partial charge in [0.15, 0.2) is 9.84 Å². The highest BCUT2D eigenvalue weighted by Gasteiger charge is 2.20. The summed E-state index contributed by atoms with van der Waals surface area (Å²) in [6, 6.07) is 7.40. The molecule has 0 radical (unpaired) electrons. The number of hydrogen-bond acceptors (Lipinski definition) is 4. The number of piperazine rings is 1. The van der Waals surface area contributed by atoms with Gasteiger partial charge in [0.25, 0.3) is 0 Å². The number of hydrogen-bond donors (Lipinski definition) is 1. The molecule has 7 heteroatoms. The first-order valence-electron chi connectivity index (χ1n) is 6.35. The summed E-state index contributed by atoms with van der Waals surface area (Å²) in [5.74, 6) is 0.0237. The van der Waals surface area contributed by atoms with Crippen LogP contribution >= 0.6 is 0 Å². The van der Waals surface area contributed by atoms with Crippen molar-refractivity contribution in [2.75, 3.05) is 37.3 Å². The molecule has 2 rings (SSSR count). The van der Waals surface area contributed by atoms with E-state index in [1.807, 2.05) is 18.2 Å². The molecular formula is C13H18N2O4S. The number of carboxylic acid groups (broad SMARTS) is 1. The maximum atomic E-state index is 11.3. The van der Waals surface area contributed by atoms with Crippen LogP contribution in [-0.2, 0) is 15.6 Å². The molecule has 1 aromatic rings. The standard InChI is InChI=1S/C13H18N2O4S/c1-20(18,19)10-11-3-2-4-12(9-11)14-5-7-15(8-6-14)13(16)17/h2-4,9H,5-8,10H2,1H3,(H,16,17). The monoisotopic (exact) mass is 298 g/mol. The zero-order valence-corrected chi connectivity index (χ0v) is 12.1. The molecule has 1 aliphatic rings. The Labute approximate surface area is 118 Å². The second-order valence-electron chi connectivity index (χ2n) is 5.00. The summed E-state index contributed by atoms with van der Waals surface area (Å²) in [4.78, 5) is 14.3. The van der Waals surface area contributed by atoms with Crippen molar-refractivity contribution in [1.29, 1.82) is 0 Å². The summed E-state index contributed by atoms with van der Waals surface area (Å²) >= 11 is 0. The van der Waals surface area contributed by atoms with E-state index in [2.05, 4.69) is 4.90 Å². The van der Waals surface area contributed by atoms with Gasteiger partial charge >= 0.3 is 6.09 Å². The zero-order chi connectivity index (χ0) is 14.8. The third-order valence-corrected chi connectivity index (χ3v) is 4.11. The molecule has 110 valence electrons. The van der Waals surface area contributed by atoms with Crippen molar-refractivity contribution >= 4 is 21.6 Å². The zero-order valence-electron chi connectivity index (χ0n) is 11.3. The molecule has 1 N–H and O–H groups in total. The SMILES string of the molecule is CS(=O)(=O)Cc1cccc(N2CCN(C(=O)O)CC2)c1. The molecule has 1 fully saturated rings. The fourth-order valence-corrected chi connectivity index (χ4v) is 3.09. The molecule has 0 aromatic heterocycles. The Kier molecular flexibility index (Phi) is 4.17. The summed E-state index contributed by atoms with van der Waals surface area (Å²) < 4.78 is 22.6. The topological polar surface area (TPSA) is 77.9 Å². The molecular weight excluding hydrogens is 280 g/mol. The minimum absolute atomic E-state index is 0.0237. The Morgan fingerprint density at radius 2 is 1.90 bits per heavy atom. The molecule has 0 atom stereocenters. The van der Waals surface area contributed by atoms with E-state index in [-0.39, 0.29) is 5.75 Å². The summed E-state index contributed by atoms with van der Waals surface area (Å²) in [5, 5.41) is 8.91. The number of rotatable bonds is 3. The molecule has 0 aliphatic carbocycles. The van der Waals surface area contributed by atoms with E-state index in [9.17, 15) is 13.2 Å². The predicted octanol–water partition coefficient (Wildman–Crippen LogP) is 1.03. The largest absolute Gasteiger partial charge is 0.465 e. The van der Waals surface area contributed by atoms with Crippen molar-refractivity contribution in [3.8, 4) is 0 Å². The van der Waals surface area contributed by atoms with Crippen molar-refractivity contribution in [2.24, 2.45) is 0 Å². The van der Waals surface area contributed by atoms with Gasteiger partial charge in [-0.3, -0.25) is 0 Å².